The Labute approximate surface area is 139 Å². The summed E-state index contributed by atoms with van der Waals surface area (Å²) < 4.78 is 5.20. The van der Waals surface area contributed by atoms with Gasteiger partial charge in [0.05, 0.1) is 23.9 Å². The SMILES string of the molecule is COc1ccc2nc(SCC(=O)c3cc(C)ccc3C)[nH]c2c1. The van der Waals surface area contributed by atoms with Crippen molar-refractivity contribution in [3.05, 3.63) is 53.1 Å². The number of thioether (sulfide) groups is 1. The van der Waals surface area contributed by atoms with E-state index in [1.54, 1.807) is 7.11 Å². The normalized spacial score (nSPS) is 10.9. The number of aryl methyl sites for hydroxylation is 2. The average Bonchev–Trinajstić information content (AvgIpc) is 2.96. The maximum absolute atomic E-state index is 12.4. The van der Waals surface area contributed by atoms with Gasteiger partial charge in [-0.15, -0.1) is 0 Å². The first kappa shape index (κ1) is 15.6. The van der Waals surface area contributed by atoms with Crippen molar-refractivity contribution < 1.29 is 9.53 Å². The molecule has 0 radical (unpaired) electrons. The number of ketones is 1. The number of H-pyrrole nitrogens is 1. The highest BCUT2D eigenvalue weighted by Crippen LogP contribution is 2.24. The van der Waals surface area contributed by atoms with Gasteiger partial charge < -0.3 is 9.72 Å². The van der Waals surface area contributed by atoms with E-state index < -0.39 is 0 Å². The number of benzene rings is 2. The number of imidazole rings is 1. The van der Waals surface area contributed by atoms with Crippen molar-refractivity contribution in [2.75, 3.05) is 12.9 Å². The molecular weight excluding hydrogens is 308 g/mol. The van der Waals surface area contributed by atoms with E-state index in [1.165, 1.54) is 11.8 Å². The van der Waals surface area contributed by atoms with Gasteiger partial charge in [-0.05, 0) is 37.6 Å². The van der Waals surface area contributed by atoms with Crippen LogP contribution in [0.3, 0.4) is 0 Å². The molecule has 118 valence electrons. The summed E-state index contributed by atoms with van der Waals surface area (Å²) in [7, 11) is 1.63. The summed E-state index contributed by atoms with van der Waals surface area (Å²) in [4.78, 5) is 20.1. The predicted molar refractivity (Wildman–Crippen MR) is 93.6 cm³/mol. The molecule has 0 aliphatic rings. The Morgan fingerprint density at radius 3 is 2.83 bits per heavy atom. The number of methoxy groups -OCH3 is 1. The standard InChI is InChI=1S/C18H18N2O2S/c1-11-4-5-12(2)14(8-11)17(21)10-23-18-19-15-7-6-13(22-3)9-16(15)20-18/h4-9H,10H2,1-3H3,(H,19,20). The molecule has 0 atom stereocenters. The van der Waals surface area contributed by atoms with E-state index in [9.17, 15) is 4.79 Å². The molecule has 0 spiro atoms. The van der Waals surface area contributed by atoms with Crippen molar-refractivity contribution >= 4 is 28.6 Å². The van der Waals surface area contributed by atoms with Gasteiger partial charge in [-0.1, -0.05) is 29.5 Å². The van der Waals surface area contributed by atoms with Crippen LogP contribution in [0, 0.1) is 13.8 Å². The lowest BCUT2D eigenvalue weighted by Gasteiger charge is -2.05. The second-order valence-corrected chi connectivity index (χ2v) is 6.42. The molecule has 1 aromatic heterocycles. The van der Waals surface area contributed by atoms with E-state index in [1.807, 2.05) is 50.2 Å². The third-order valence-corrected chi connectivity index (χ3v) is 4.57. The Kier molecular flexibility index (Phi) is 4.39. The van der Waals surface area contributed by atoms with Crippen LogP contribution in [-0.4, -0.2) is 28.6 Å². The van der Waals surface area contributed by atoms with Crippen molar-refractivity contribution in [1.82, 2.24) is 9.97 Å². The first-order chi connectivity index (χ1) is 11.1. The molecule has 0 saturated heterocycles. The maximum Gasteiger partial charge on any atom is 0.173 e. The van der Waals surface area contributed by atoms with Gasteiger partial charge in [-0.25, -0.2) is 4.98 Å². The summed E-state index contributed by atoms with van der Waals surface area (Å²) >= 11 is 1.42. The number of carbonyl (C=O) groups excluding carboxylic acids is 1. The summed E-state index contributed by atoms with van der Waals surface area (Å²) in [6.07, 6.45) is 0. The first-order valence-electron chi connectivity index (χ1n) is 7.34. The number of Topliss-reactive ketones (excluding diaryl/α,β-unsaturated/α-hetero) is 1. The highest BCUT2D eigenvalue weighted by atomic mass is 32.2. The number of ether oxygens (including phenoxy) is 1. The summed E-state index contributed by atoms with van der Waals surface area (Å²) in [5, 5.41) is 0.743. The van der Waals surface area contributed by atoms with Crippen LogP contribution in [0.25, 0.3) is 11.0 Å². The highest BCUT2D eigenvalue weighted by molar-refractivity contribution is 7.99. The van der Waals surface area contributed by atoms with Crippen LogP contribution in [-0.2, 0) is 0 Å². The Hall–Kier alpha value is -2.27. The van der Waals surface area contributed by atoms with E-state index >= 15 is 0 Å². The minimum atomic E-state index is 0.120. The molecule has 2 aromatic carbocycles. The Bertz CT molecular complexity index is 871. The quantitative estimate of drug-likeness (QED) is 0.565. The lowest BCUT2D eigenvalue weighted by atomic mass is 10.0. The van der Waals surface area contributed by atoms with E-state index in [4.69, 9.17) is 4.74 Å². The average molecular weight is 326 g/mol. The third-order valence-electron chi connectivity index (χ3n) is 3.70. The number of rotatable bonds is 5. The molecule has 23 heavy (non-hydrogen) atoms. The van der Waals surface area contributed by atoms with Crippen molar-refractivity contribution in [2.45, 2.75) is 19.0 Å². The lowest BCUT2D eigenvalue weighted by Crippen LogP contribution is -2.05. The number of hydrogen-bond donors (Lipinski definition) is 1. The Morgan fingerprint density at radius 1 is 1.22 bits per heavy atom. The molecule has 0 aliphatic heterocycles. The molecule has 1 heterocycles. The van der Waals surface area contributed by atoms with Crippen LogP contribution in [0.15, 0.2) is 41.6 Å². The number of nitrogens with one attached hydrogen (secondary N) is 1. The molecule has 0 amide bonds. The smallest absolute Gasteiger partial charge is 0.173 e. The van der Waals surface area contributed by atoms with Crippen LogP contribution >= 0.6 is 11.8 Å². The monoisotopic (exact) mass is 326 g/mol. The minimum Gasteiger partial charge on any atom is -0.497 e. The lowest BCUT2D eigenvalue weighted by molar-refractivity contribution is 0.102. The Morgan fingerprint density at radius 2 is 2.04 bits per heavy atom. The fourth-order valence-electron chi connectivity index (χ4n) is 2.41. The van der Waals surface area contributed by atoms with Gasteiger partial charge in [0, 0.05) is 11.6 Å². The maximum atomic E-state index is 12.4. The van der Waals surface area contributed by atoms with Gasteiger partial charge in [0.25, 0.3) is 0 Å². The molecule has 5 heteroatoms. The van der Waals surface area contributed by atoms with E-state index in [0.29, 0.717) is 5.75 Å². The van der Waals surface area contributed by atoms with Gasteiger partial charge in [0.2, 0.25) is 0 Å². The predicted octanol–water partition coefficient (Wildman–Crippen LogP) is 4.16. The zero-order chi connectivity index (χ0) is 16.4. The van der Waals surface area contributed by atoms with E-state index in [-0.39, 0.29) is 5.78 Å². The number of nitrogens with zero attached hydrogens (tertiary/aromatic N) is 1. The van der Waals surface area contributed by atoms with Crippen LogP contribution < -0.4 is 4.74 Å². The van der Waals surface area contributed by atoms with Gasteiger partial charge in [-0.2, -0.15) is 0 Å². The fourth-order valence-corrected chi connectivity index (χ4v) is 3.18. The van der Waals surface area contributed by atoms with Crippen molar-refractivity contribution in [3.63, 3.8) is 0 Å². The van der Waals surface area contributed by atoms with E-state index in [0.717, 1.165) is 38.6 Å². The summed E-state index contributed by atoms with van der Waals surface area (Å²) in [5.41, 5.74) is 4.67. The number of fused-ring (bicyclic) bond motifs is 1. The van der Waals surface area contributed by atoms with Crippen LogP contribution in [0.2, 0.25) is 0 Å². The topological polar surface area (TPSA) is 55.0 Å². The molecule has 0 fully saturated rings. The third kappa shape index (κ3) is 3.40. The molecular formula is C18H18N2O2S. The Balaban J connectivity index is 1.75. The van der Waals surface area contributed by atoms with Gasteiger partial charge in [0.1, 0.15) is 5.75 Å². The van der Waals surface area contributed by atoms with Gasteiger partial charge in [-0.3, -0.25) is 4.79 Å². The summed E-state index contributed by atoms with van der Waals surface area (Å²) in [6, 6.07) is 11.6. The molecule has 4 nitrogen and oxygen atoms in total. The van der Waals surface area contributed by atoms with Gasteiger partial charge in [0.15, 0.2) is 10.9 Å². The van der Waals surface area contributed by atoms with Crippen LogP contribution in [0.4, 0.5) is 0 Å². The molecule has 1 N–H and O–H groups in total. The molecule has 0 unspecified atom stereocenters. The zero-order valence-corrected chi connectivity index (χ0v) is 14.2. The first-order valence-corrected chi connectivity index (χ1v) is 8.32. The fraction of sp³-hybridized carbons (Fsp3) is 0.222. The minimum absolute atomic E-state index is 0.120. The second-order valence-electron chi connectivity index (χ2n) is 5.46. The summed E-state index contributed by atoms with van der Waals surface area (Å²) in [6.45, 7) is 3.96. The van der Waals surface area contributed by atoms with Crippen molar-refractivity contribution in [1.29, 1.82) is 0 Å². The summed E-state index contributed by atoms with van der Waals surface area (Å²) in [5.74, 6) is 1.26. The highest BCUT2D eigenvalue weighted by Gasteiger charge is 2.12. The molecule has 3 rings (SSSR count). The second kappa shape index (κ2) is 6.46. The van der Waals surface area contributed by atoms with Gasteiger partial charge >= 0.3 is 0 Å². The van der Waals surface area contributed by atoms with E-state index in [2.05, 4.69) is 9.97 Å². The molecule has 0 bridgehead atoms. The van der Waals surface area contributed by atoms with Crippen LogP contribution in [0.1, 0.15) is 21.5 Å². The number of aromatic nitrogens is 2. The zero-order valence-electron chi connectivity index (χ0n) is 13.3. The van der Waals surface area contributed by atoms with Crippen LogP contribution in [0.5, 0.6) is 5.75 Å². The number of carbonyl (C=O) groups is 1. The largest absolute Gasteiger partial charge is 0.497 e. The molecule has 0 saturated carbocycles. The number of aromatic amines is 1. The van der Waals surface area contributed by atoms with Crippen molar-refractivity contribution in [2.24, 2.45) is 0 Å². The molecule has 0 aliphatic carbocycles. The number of hydrogen-bond acceptors (Lipinski definition) is 4. The molecule has 3 aromatic rings. The van der Waals surface area contributed by atoms with Crippen molar-refractivity contribution in [3.8, 4) is 5.75 Å².